The summed E-state index contributed by atoms with van der Waals surface area (Å²) in [6.07, 6.45) is 0. The summed E-state index contributed by atoms with van der Waals surface area (Å²) in [6.45, 7) is 1.70. The maximum absolute atomic E-state index is 12.4. The fourth-order valence-corrected chi connectivity index (χ4v) is 2.69. The van der Waals surface area contributed by atoms with E-state index in [1.165, 1.54) is 11.8 Å². The first-order chi connectivity index (χ1) is 13.3. The molecule has 7 heteroatoms. The molecule has 0 atom stereocenters. The normalized spacial score (nSPS) is 10.2. The third-order valence-electron chi connectivity index (χ3n) is 4.27. The van der Waals surface area contributed by atoms with Gasteiger partial charge in [-0.25, -0.2) is 0 Å². The second-order valence-corrected chi connectivity index (χ2v) is 6.55. The molecule has 150 valence electrons. The SMILES string of the molecule is COc1ccc(CN(CC(=O)Nc2ccc(N(C)C)cc2)C(C)=O)cc1OC. The second-order valence-electron chi connectivity index (χ2n) is 6.55. The molecule has 0 aromatic heterocycles. The zero-order chi connectivity index (χ0) is 20.7. The zero-order valence-electron chi connectivity index (χ0n) is 17.0. The van der Waals surface area contributed by atoms with Crippen LogP contribution in [0.3, 0.4) is 0 Å². The van der Waals surface area contributed by atoms with Gasteiger partial charge in [0.1, 0.15) is 6.54 Å². The van der Waals surface area contributed by atoms with E-state index in [-0.39, 0.29) is 18.4 Å². The van der Waals surface area contributed by atoms with Crippen LogP contribution in [0.1, 0.15) is 12.5 Å². The Bertz CT molecular complexity index is 819. The Hall–Kier alpha value is -3.22. The number of hydrogen-bond acceptors (Lipinski definition) is 5. The van der Waals surface area contributed by atoms with Crippen molar-refractivity contribution < 1.29 is 19.1 Å². The summed E-state index contributed by atoms with van der Waals surface area (Å²) < 4.78 is 10.5. The minimum atomic E-state index is -0.256. The summed E-state index contributed by atoms with van der Waals surface area (Å²) >= 11 is 0. The van der Waals surface area contributed by atoms with Crippen molar-refractivity contribution in [3.05, 3.63) is 48.0 Å². The van der Waals surface area contributed by atoms with Crippen molar-refractivity contribution in [1.29, 1.82) is 0 Å². The van der Waals surface area contributed by atoms with Gasteiger partial charge in [-0.3, -0.25) is 9.59 Å². The Morgan fingerprint density at radius 3 is 2.14 bits per heavy atom. The lowest BCUT2D eigenvalue weighted by Crippen LogP contribution is -2.36. The molecule has 2 aromatic carbocycles. The molecule has 0 saturated heterocycles. The van der Waals surface area contributed by atoms with Gasteiger partial charge in [0.25, 0.3) is 0 Å². The van der Waals surface area contributed by atoms with E-state index in [0.29, 0.717) is 23.7 Å². The van der Waals surface area contributed by atoms with Gasteiger partial charge in [0, 0.05) is 38.9 Å². The highest BCUT2D eigenvalue weighted by Gasteiger charge is 2.16. The van der Waals surface area contributed by atoms with Crippen molar-refractivity contribution in [1.82, 2.24) is 4.90 Å². The predicted molar refractivity (Wildman–Crippen MR) is 110 cm³/mol. The monoisotopic (exact) mass is 385 g/mol. The van der Waals surface area contributed by atoms with Crippen molar-refractivity contribution in [2.75, 3.05) is 45.1 Å². The van der Waals surface area contributed by atoms with E-state index >= 15 is 0 Å². The number of benzene rings is 2. The summed E-state index contributed by atoms with van der Waals surface area (Å²) in [5.41, 5.74) is 2.57. The molecule has 0 spiro atoms. The Balaban J connectivity index is 2.04. The van der Waals surface area contributed by atoms with Crippen molar-refractivity contribution in [3.63, 3.8) is 0 Å². The summed E-state index contributed by atoms with van der Waals surface area (Å²) in [4.78, 5) is 27.9. The van der Waals surface area contributed by atoms with Crippen LogP contribution in [-0.2, 0) is 16.1 Å². The number of ether oxygens (including phenoxy) is 2. The smallest absolute Gasteiger partial charge is 0.244 e. The highest BCUT2D eigenvalue weighted by atomic mass is 16.5. The third kappa shape index (κ3) is 5.64. The standard InChI is InChI=1S/C21H27N3O4/c1-15(25)24(13-16-6-11-19(27-4)20(12-16)28-5)14-21(26)22-17-7-9-18(10-8-17)23(2)3/h6-12H,13-14H2,1-5H3,(H,22,26). The van der Waals surface area contributed by atoms with E-state index in [1.807, 2.05) is 49.3 Å². The van der Waals surface area contributed by atoms with Crippen LogP contribution < -0.4 is 19.7 Å². The lowest BCUT2D eigenvalue weighted by molar-refractivity contribution is -0.133. The van der Waals surface area contributed by atoms with E-state index < -0.39 is 0 Å². The van der Waals surface area contributed by atoms with Gasteiger partial charge >= 0.3 is 0 Å². The lowest BCUT2D eigenvalue weighted by atomic mass is 10.2. The van der Waals surface area contributed by atoms with Crippen LogP contribution in [0.4, 0.5) is 11.4 Å². The molecule has 0 aliphatic heterocycles. The number of nitrogens with zero attached hydrogens (tertiary/aromatic N) is 2. The minimum Gasteiger partial charge on any atom is -0.493 e. The maximum Gasteiger partial charge on any atom is 0.244 e. The van der Waals surface area contributed by atoms with Gasteiger partial charge in [0.2, 0.25) is 11.8 Å². The van der Waals surface area contributed by atoms with E-state index in [0.717, 1.165) is 11.3 Å². The topological polar surface area (TPSA) is 71.1 Å². The molecule has 0 radical (unpaired) electrons. The van der Waals surface area contributed by atoms with Gasteiger partial charge in [0.15, 0.2) is 11.5 Å². The molecule has 1 N–H and O–H groups in total. The van der Waals surface area contributed by atoms with Crippen LogP contribution >= 0.6 is 0 Å². The third-order valence-corrected chi connectivity index (χ3v) is 4.27. The van der Waals surface area contributed by atoms with Crippen LogP contribution in [0.5, 0.6) is 11.5 Å². The van der Waals surface area contributed by atoms with E-state index in [2.05, 4.69) is 5.32 Å². The molecule has 0 saturated carbocycles. The molecule has 0 aliphatic rings. The molecule has 0 fully saturated rings. The Morgan fingerprint density at radius 2 is 1.61 bits per heavy atom. The molecule has 0 bridgehead atoms. The van der Waals surface area contributed by atoms with Gasteiger partial charge in [-0.05, 0) is 42.0 Å². The number of nitrogens with one attached hydrogen (secondary N) is 1. The lowest BCUT2D eigenvalue weighted by Gasteiger charge is -2.21. The molecular weight excluding hydrogens is 358 g/mol. The Labute approximate surface area is 165 Å². The molecule has 28 heavy (non-hydrogen) atoms. The van der Waals surface area contributed by atoms with Gasteiger partial charge < -0.3 is 24.6 Å². The van der Waals surface area contributed by atoms with Gasteiger partial charge in [-0.15, -0.1) is 0 Å². The number of anilines is 2. The van der Waals surface area contributed by atoms with E-state index in [9.17, 15) is 9.59 Å². The van der Waals surface area contributed by atoms with Crippen molar-refractivity contribution >= 4 is 23.2 Å². The first-order valence-corrected chi connectivity index (χ1v) is 8.87. The molecule has 0 heterocycles. The second kappa shape index (κ2) is 9.64. The van der Waals surface area contributed by atoms with Crippen molar-refractivity contribution in [2.45, 2.75) is 13.5 Å². The number of amides is 2. The molecular formula is C21H27N3O4. The quantitative estimate of drug-likeness (QED) is 0.757. The van der Waals surface area contributed by atoms with Gasteiger partial charge in [0.05, 0.1) is 14.2 Å². The van der Waals surface area contributed by atoms with Crippen LogP contribution in [0.2, 0.25) is 0 Å². The highest BCUT2D eigenvalue weighted by Crippen LogP contribution is 2.28. The molecule has 0 unspecified atom stereocenters. The predicted octanol–water partition coefficient (Wildman–Crippen LogP) is 2.76. The average molecular weight is 385 g/mol. The average Bonchev–Trinajstić information content (AvgIpc) is 2.67. The Kier molecular flexibility index (Phi) is 7.26. The molecule has 2 rings (SSSR count). The summed E-state index contributed by atoms with van der Waals surface area (Å²) in [6, 6.07) is 12.9. The molecule has 2 aromatic rings. The number of carbonyl (C=O) groups excluding carboxylic acids is 2. The molecule has 0 aliphatic carbocycles. The first-order valence-electron chi connectivity index (χ1n) is 8.87. The van der Waals surface area contributed by atoms with Crippen molar-refractivity contribution in [3.8, 4) is 11.5 Å². The van der Waals surface area contributed by atoms with Gasteiger partial charge in [-0.2, -0.15) is 0 Å². The number of carbonyl (C=O) groups is 2. The first kappa shape index (κ1) is 21.1. The fourth-order valence-electron chi connectivity index (χ4n) is 2.69. The molecule has 2 amide bonds. The fraction of sp³-hybridized carbons (Fsp3) is 0.333. The van der Waals surface area contributed by atoms with Crippen LogP contribution in [0.15, 0.2) is 42.5 Å². The number of methoxy groups -OCH3 is 2. The summed E-state index contributed by atoms with van der Waals surface area (Å²) in [5.74, 6) is 0.745. The van der Waals surface area contributed by atoms with Gasteiger partial charge in [-0.1, -0.05) is 6.07 Å². The highest BCUT2D eigenvalue weighted by molar-refractivity contribution is 5.94. The van der Waals surface area contributed by atoms with Crippen LogP contribution in [-0.4, -0.2) is 51.6 Å². The van der Waals surface area contributed by atoms with E-state index in [1.54, 1.807) is 26.4 Å². The largest absolute Gasteiger partial charge is 0.493 e. The minimum absolute atomic E-state index is 0.0425. The molecule has 7 nitrogen and oxygen atoms in total. The number of rotatable bonds is 8. The summed E-state index contributed by atoms with van der Waals surface area (Å²) in [5, 5.41) is 2.82. The number of hydrogen-bond donors (Lipinski definition) is 1. The maximum atomic E-state index is 12.4. The van der Waals surface area contributed by atoms with E-state index in [4.69, 9.17) is 9.47 Å². The Morgan fingerprint density at radius 1 is 0.964 bits per heavy atom. The van der Waals surface area contributed by atoms with Crippen LogP contribution in [0, 0.1) is 0 Å². The van der Waals surface area contributed by atoms with Crippen molar-refractivity contribution in [2.24, 2.45) is 0 Å². The summed E-state index contributed by atoms with van der Waals surface area (Å²) in [7, 11) is 7.02. The van der Waals surface area contributed by atoms with Crippen LogP contribution in [0.25, 0.3) is 0 Å². The zero-order valence-corrected chi connectivity index (χ0v) is 17.0.